The highest BCUT2D eigenvalue weighted by atomic mass is 19.1. The number of hydrogen-bond donors (Lipinski definition) is 3. The summed E-state index contributed by atoms with van der Waals surface area (Å²) in [5.41, 5.74) is 2.35. The quantitative estimate of drug-likeness (QED) is 0.587. The Morgan fingerprint density at radius 3 is 2.90 bits per heavy atom. The largest absolute Gasteiger partial charge is 0.385 e. The molecule has 1 aliphatic carbocycles. The van der Waals surface area contributed by atoms with Crippen LogP contribution in [0.25, 0.3) is 11.0 Å². The van der Waals surface area contributed by atoms with Gasteiger partial charge in [0.05, 0.1) is 17.9 Å². The fourth-order valence-electron chi connectivity index (χ4n) is 4.89. The van der Waals surface area contributed by atoms with Gasteiger partial charge in [0.2, 0.25) is 5.91 Å². The van der Waals surface area contributed by atoms with Crippen LogP contribution in [0, 0.1) is 17.2 Å². The van der Waals surface area contributed by atoms with E-state index in [9.17, 15) is 14.3 Å². The number of rotatable bonds is 5. The number of anilines is 1. The molecule has 162 valence electrons. The summed E-state index contributed by atoms with van der Waals surface area (Å²) in [4.78, 5) is 27.0. The molecule has 8 heteroatoms. The number of aliphatic hydroxyl groups excluding tert-OH is 1. The normalized spacial score (nSPS) is 21.8. The van der Waals surface area contributed by atoms with Gasteiger partial charge in [0.1, 0.15) is 17.6 Å². The maximum atomic E-state index is 13.1. The minimum absolute atomic E-state index is 0.0208. The maximum Gasteiger partial charge on any atom is 0.224 e. The summed E-state index contributed by atoms with van der Waals surface area (Å²) < 4.78 is 13.1. The summed E-state index contributed by atoms with van der Waals surface area (Å²) in [6.45, 7) is 3.38. The molecular weight excluding hydrogens is 397 g/mol. The molecule has 31 heavy (non-hydrogen) atoms. The highest BCUT2D eigenvalue weighted by molar-refractivity contribution is 5.90. The van der Waals surface area contributed by atoms with Gasteiger partial charge in [-0.3, -0.25) is 9.78 Å². The summed E-state index contributed by atoms with van der Waals surface area (Å²) in [6, 6.07) is 6.28. The standard InChI is InChI=1S/C23H26FN5O2/c1-14(20(30)18-3-2-15(24)12-27-18)28-22(31)17-6-11-29(13-23(17)7-8-23)19-5-10-26-21-16(19)4-9-25-21/h2-5,9-10,12,14,17,20,30H,6-8,11,13H2,1H3,(H,25,26)(H,28,31)/t14-,17+,20+/m0/s1. The van der Waals surface area contributed by atoms with Crippen molar-refractivity contribution in [2.75, 3.05) is 18.0 Å². The van der Waals surface area contributed by atoms with Crippen LogP contribution in [0.3, 0.4) is 0 Å². The Morgan fingerprint density at radius 1 is 1.32 bits per heavy atom. The molecule has 7 nitrogen and oxygen atoms in total. The number of hydrogen-bond acceptors (Lipinski definition) is 5. The van der Waals surface area contributed by atoms with Crippen molar-refractivity contribution in [1.29, 1.82) is 0 Å². The Morgan fingerprint density at radius 2 is 2.16 bits per heavy atom. The molecule has 2 aliphatic rings. The minimum Gasteiger partial charge on any atom is -0.385 e. The molecule has 1 aliphatic heterocycles. The number of nitrogens with one attached hydrogen (secondary N) is 2. The van der Waals surface area contributed by atoms with Crippen LogP contribution in [-0.4, -0.2) is 45.1 Å². The van der Waals surface area contributed by atoms with Crippen LogP contribution in [0.1, 0.15) is 38.0 Å². The third-order valence-electron chi connectivity index (χ3n) is 6.82. The molecule has 0 radical (unpaired) electrons. The van der Waals surface area contributed by atoms with Crippen molar-refractivity contribution in [3.8, 4) is 0 Å². The zero-order valence-electron chi connectivity index (χ0n) is 17.4. The molecule has 4 heterocycles. The van der Waals surface area contributed by atoms with Crippen LogP contribution in [-0.2, 0) is 4.79 Å². The third-order valence-corrected chi connectivity index (χ3v) is 6.82. The molecule has 5 rings (SSSR count). The van der Waals surface area contributed by atoms with Gasteiger partial charge in [-0.15, -0.1) is 0 Å². The predicted molar refractivity (Wildman–Crippen MR) is 115 cm³/mol. The van der Waals surface area contributed by atoms with Crippen molar-refractivity contribution in [3.63, 3.8) is 0 Å². The first-order chi connectivity index (χ1) is 15.0. The highest BCUT2D eigenvalue weighted by Gasteiger charge is 2.55. The van der Waals surface area contributed by atoms with Crippen molar-refractivity contribution < 1.29 is 14.3 Å². The summed E-state index contributed by atoms with van der Waals surface area (Å²) >= 11 is 0. The monoisotopic (exact) mass is 423 g/mol. The predicted octanol–water partition coefficient (Wildman–Crippen LogP) is 2.94. The molecule has 2 fully saturated rings. The summed E-state index contributed by atoms with van der Waals surface area (Å²) in [5, 5.41) is 14.6. The number of nitrogens with zero attached hydrogens (tertiary/aromatic N) is 3. The number of carbonyl (C=O) groups is 1. The number of fused-ring (bicyclic) bond motifs is 1. The number of H-pyrrole nitrogens is 1. The van der Waals surface area contributed by atoms with Crippen LogP contribution >= 0.6 is 0 Å². The van der Waals surface area contributed by atoms with E-state index in [-0.39, 0.29) is 17.2 Å². The topological polar surface area (TPSA) is 94.1 Å². The smallest absolute Gasteiger partial charge is 0.224 e. The Bertz CT molecular complexity index is 1090. The van der Waals surface area contributed by atoms with Crippen molar-refractivity contribution in [3.05, 3.63) is 54.4 Å². The molecule has 0 unspecified atom stereocenters. The molecule has 0 bridgehead atoms. The fraction of sp³-hybridized carbons (Fsp3) is 0.435. The molecule has 1 saturated carbocycles. The fourth-order valence-corrected chi connectivity index (χ4v) is 4.89. The first kappa shape index (κ1) is 19.9. The number of halogens is 1. The van der Waals surface area contributed by atoms with Gasteiger partial charge in [0, 0.05) is 42.5 Å². The van der Waals surface area contributed by atoms with E-state index in [2.05, 4.69) is 25.2 Å². The van der Waals surface area contributed by atoms with Gasteiger partial charge in [-0.2, -0.15) is 0 Å². The second kappa shape index (κ2) is 7.60. The third kappa shape index (κ3) is 3.65. The molecule has 3 aromatic heterocycles. The first-order valence-electron chi connectivity index (χ1n) is 10.7. The molecule has 1 amide bonds. The second-order valence-electron chi connectivity index (χ2n) is 8.84. The van der Waals surface area contributed by atoms with Gasteiger partial charge in [-0.05, 0) is 55.9 Å². The van der Waals surface area contributed by atoms with E-state index in [0.717, 1.165) is 55.3 Å². The lowest BCUT2D eigenvalue weighted by molar-refractivity contribution is -0.129. The Kier molecular flexibility index (Phi) is 4.89. The van der Waals surface area contributed by atoms with Crippen LogP contribution in [0.5, 0.6) is 0 Å². The number of aromatic amines is 1. The van der Waals surface area contributed by atoms with Gasteiger partial charge in [0.15, 0.2) is 0 Å². The zero-order chi connectivity index (χ0) is 21.6. The highest BCUT2D eigenvalue weighted by Crippen LogP contribution is 2.56. The summed E-state index contributed by atoms with van der Waals surface area (Å²) in [5.74, 6) is -0.559. The average molecular weight is 423 g/mol. The Balaban J connectivity index is 1.27. The van der Waals surface area contributed by atoms with E-state index < -0.39 is 18.0 Å². The zero-order valence-corrected chi connectivity index (χ0v) is 17.4. The lowest BCUT2D eigenvalue weighted by Crippen LogP contribution is -2.50. The summed E-state index contributed by atoms with van der Waals surface area (Å²) in [7, 11) is 0. The van der Waals surface area contributed by atoms with E-state index in [4.69, 9.17) is 0 Å². The van der Waals surface area contributed by atoms with Crippen LogP contribution in [0.15, 0.2) is 42.9 Å². The van der Waals surface area contributed by atoms with E-state index in [1.54, 1.807) is 6.92 Å². The first-order valence-corrected chi connectivity index (χ1v) is 10.7. The number of aromatic nitrogens is 3. The second-order valence-corrected chi connectivity index (χ2v) is 8.84. The van der Waals surface area contributed by atoms with Crippen LogP contribution in [0.4, 0.5) is 10.1 Å². The molecule has 3 N–H and O–H groups in total. The lowest BCUT2D eigenvalue weighted by Gasteiger charge is -2.40. The molecular formula is C23H26FN5O2. The lowest BCUT2D eigenvalue weighted by atomic mass is 9.81. The molecule has 0 aromatic carbocycles. The molecule has 1 saturated heterocycles. The van der Waals surface area contributed by atoms with E-state index in [1.165, 1.54) is 12.1 Å². The van der Waals surface area contributed by atoms with Gasteiger partial charge >= 0.3 is 0 Å². The molecule has 3 aromatic rings. The average Bonchev–Trinajstić information content (AvgIpc) is 3.34. The number of amides is 1. The Labute approximate surface area is 179 Å². The number of pyridine rings is 2. The van der Waals surface area contributed by atoms with Gasteiger partial charge in [-0.25, -0.2) is 9.37 Å². The van der Waals surface area contributed by atoms with Gasteiger partial charge in [-0.1, -0.05) is 0 Å². The van der Waals surface area contributed by atoms with Crippen molar-refractivity contribution in [2.24, 2.45) is 11.3 Å². The van der Waals surface area contributed by atoms with E-state index >= 15 is 0 Å². The van der Waals surface area contributed by atoms with E-state index in [0.29, 0.717) is 5.69 Å². The van der Waals surface area contributed by atoms with Gasteiger partial charge in [0.25, 0.3) is 0 Å². The summed E-state index contributed by atoms with van der Waals surface area (Å²) in [6.07, 6.45) is 6.62. The van der Waals surface area contributed by atoms with Crippen molar-refractivity contribution in [2.45, 2.75) is 38.3 Å². The van der Waals surface area contributed by atoms with E-state index in [1.807, 2.05) is 24.5 Å². The molecule has 1 spiro atoms. The van der Waals surface area contributed by atoms with Crippen LogP contribution in [0.2, 0.25) is 0 Å². The molecule has 3 atom stereocenters. The van der Waals surface area contributed by atoms with Crippen molar-refractivity contribution in [1.82, 2.24) is 20.3 Å². The maximum absolute atomic E-state index is 13.1. The van der Waals surface area contributed by atoms with Crippen molar-refractivity contribution >= 4 is 22.6 Å². The number of carbonyl (C=O) groups excluding carboxylic acids is 1. The minimum atomic E-state index is -0.988. The van der Waals surface area contributed by atoms with Gasteiger partial charge < -0.3 is 20.3 Å². The van der Waals surface area contributed by atoms with Crippen LogP contribution < -0.4 is 10.2 Å². The SMILES string of the molecule is C[C@H](NC(=O)[C@H]1CCN(c2ccnc3[nH]ccc23)CC12CC2)[C@@H](O)c1ccc(F)cn1. The number of aliphatic hydroxyl groups is 1. The number of piperidine rings is 1. The Hall–Kier alpha value is -3.00.